The molecule has 0 N–H and O–H groups in total. The van der Waals surface area contributed by atoms with Crippen molar-refractivity contribution in [1.82, 2.24) is 0 Å². The zero-order valence-corrected chi connectivity index (χ0v) is 11.1. The van der Waals surface area contributed by atoms with Crippen molar-refractivity contribution in [2.75, 3.05) is 11.4 Å². The van der Waals surface area contributed by atoms with Gasteiger partial charge in [-0.3, -0.25) is 0 Å². The van der Waals surface area contributed by atoms with Gasteiger partial charge in [0.1, 0.15) is 0 Å². The van der Waals surface area contributed by atoms with Crippen molar-refractivity contribution in [2.24, 2.45) is 0 Å². The number of hydrogen-bond acceptors (Lipinski definition) is 2. The fourth-order valence-electron chi connectivity index (χ4n) is 2.57. The van der Waals surface area contributed by atoms with Gasteiger partial charge in [-0.15, -0.1) is 6.58 Å². The highest BCUT2D eigenvalue weighted by atomic mass is 15.1. The third-order valence-corrected chi connectivity index (χ3v) is 3.44. The van der Waals surface area contributed by atoms with Crippen LogP contribution in [0.1, 0.15) is 11.1 Å². The molecule has 0 saturated heterocycles. The summed E-state index contributed by atoms with van der Waals surface area (Å²) in [5.41, 5.74) is 4.87. The Bertz CT molecular complexity index is 735. The van der Waals surface area contributed by atoms with E-state index in [2.05, 4.69) is 23.6 Å². The van der Waals surface area contributed by atoms with Gasteiger partial charge < -0.3 is 4.90 Å². The van der Waals surface area contributed by atoms with Crippen molar-refractivity contribution >= 4 is 23.0 Å². The van der Waals surface area contributed by atoms with Gasteiger partial charge in [-0.05, 0) is 23.8 Å². The molecular weight excluding hydrogens is 244 g/mol. The highest BCUT2D eigenvalue weighted by Crippen LogP contribution is 2.39. The Morgan fingerprint density at radius 1 is 1.05 bits per heavy atom. The van der Waals surface area contributed by atoms with Gasteiger partial charge in [0.2, 0.25) is 0 Å². The van der Waals surface area contributed by atoms with Crippen molar-refractivity contribution in [3.8, 4) is 6.07 Å². The van der Waals surface area contributed by atoms with E-state index < -0.39 is 0 Å². The smallest absolute Gasteiger partial charge is 0.0998 e. The Labute approximate surface area is 118 Å². The van der Waals surface area contributed by atoms with Gasteiger partial charge in [0, 0.05) is 17.8 Å². The Morgan fingerprint density at radius 2 is 1.75 bits per heavy atom. The van der Waals surface area contributed by atoms with Crippen LogP contribution < -0.4 is 4.90 Å². The predicted molar refractivity (Wildman–Crippen MR) is 83.6 cm³/mol. The zero-order valence-electron chi connectivity index (χ0n) is 11.1. The average Bonchev–Trinajstić information content (AvgIpc) is 2.63. The van der Waals surface area contributed by atoms with Gasteiger partial charge in [0.05, 0.1) is 17.3 Å². The Kier molecular flexibility index (Phi) is 3.10. The number of para-hydroxylation sites is 2. The zero-order chi connectivity index (χ0) is 13.9. The lowest BCUT2D eigenvalue weighted by Gasteiger charge is -2.25. The summed E-state index contributed by atoms with van der Waals surface area (Å²) in [6.07, 6.45) is 3.84. The number of fused-ring (bicyclic) bond motifs is 2. The molecule has 2 aromatic rings. The van der Waals surface area contributed by atoms with Crippen LogP contribution in [-0.2, 0) is 0 Å². The van der Waals surface area contributed by atoms with Crippen LogP contribution in [0.25, 0.3) is 11.6 Å². The van der Waals surface area contributed by atoms with Crippen molar-refractivity contribution in [2.45, 2.75) is 0 Å². The molecule has 0 aromatic heterocycles. The highest BCUT2D eigenvalue weighted by molar-refractivity contribution is 5.99. The quantitative estimate of drug-likeness (QED) is 0.747. The predicted octanol–water partition coefficient (Wildman–Crippen LogP) is 4.39. The van der Waals surface area contributed by atoms with E-state index in [1.54, 1.807) is 0 Å². The lowest BCUT2D eigenvalue weighted by molar-refractivity contribution is 1.10. The first kappa shape index (κ1) is 12.3. The van der Waals surface area contributed by atoms with Gasteiger partial charge in [-0.25, -0.2) is 0 Å². The summed E-state index contributed by atoms with van der Waals surface area (Å²) in [4.78, 5) is 2.19. The molecule has 20 heavy (non-hydrogen) atoms. The van der Waals surface area contributed by atoms with Gasteiger partial charge in [0.25, 0.3) is 0 Å². The summed E-state index contributed by atoms with van der Waals surface area (Å²) in [7, 11) is 0. The maximum absolute atomic E-state index is 9.45. The molecule has 0 atom stereocenters. The van der Waals surface area contributed by atoms with Gasteiger partial charge in [-0.1, -0.05) is 42.5 Å². The Hall–Kier alpha value is -2.79. The molecule has 0 fully saturated rings. The Morgan fingerprint density at radius 3 is 2.50 bits per heavy atom. The summed E-state index contributed by atoms with van der Waals surface area (Å²) in [6.45, 7) is 4.56. The van der Waals surface area contributed by atoms with Gasteiger partial charge >= 0.3 is 0 Å². The van der Waals surface area contributed by atoms with Crippen molar-refractivity contribution in [1.29, 1.82) is 5.26 Å². The van der Waals surface area contributed by atoms with Crippen LogP contribution in [0.2, 0.25) is 0 Å². The third kappa shape index (κ3) is 1.90. The fraction of sp³-hybridized carbons (Fsp3) is 0.0556. The molecule has 1 heterocycles. The lowest BCUT2D eigenvalue weighted by Crippen LogP contribution is -2.18. The van der Waals surface area contributed by atoms with Gasteiger partial charge in [0.15, 0.2) is 0 Å². The summed E-state index contributed by atoms with van der Waals surface area (Å²) in [6, 6.07) is 18.4. The summed E-state index contributed by atoms with van der Waals surface area (Å²) < 4.78 is 0. The molecule has 2 aromatic carbocycles. The lowest BCUT2D eigenvalue weighted by atomic mass is 10.0. The minimum absolute atomic E-state index is 0.694. The van der Waals surface area contributed by atoms with Crippen LogP contribution in [0.3, 0.4) is 0 Å². The second-order valence-electron chi connectivity index (χ2n) is 4.65. The molecule has 2 nitrogen and oxygen atoms in total. The largest absolute Gasteiger partial charge is 0.337 e. The van der Waals surface area contributed by atoms with E-state index in [9.17, 15) is 5.26 Å². The molecule has 96 valence electrons. The summed E-state index contributed by atoms with van der Waals surface area (Å²) in [5, 5.41) is 9.45. The highest BCUT2D eigenvalue weighted by Gasteiger charge is 2.20. The van der Waals surface area contributed by atoms with Crippen molar-refractivity contribution in [3.63, 3.8) is 0 Å². The molecule has 0 spiro atoms. The van der Waals surface area contributed by atoms with E-state index in [1.165, 1.54) is 0 Å². The molecule has 0 saturated carbocycles. The second kappa shape index (κ2) is 5.07. The van der Waals surface area contributed by atoms with E-state index >= 15 is 0 Å². The third-order valence-electron chi connectivity index (χ3n) is 3.44. The second-order valence-corrected chi connectivity index (χ2v) is 4.65. The van der Waals surface area contributed by atoms with Crippen LogP contribution in [0, 0.1) is 11.3 Å². The number of hydrogen-bond donors (Lipinski definition) is 0. The van der Waals surface area contributed by atoms with E-state index in [1.807, 2.05) is 54.6 Å². The van der Waals surface area contributed by atoms with Crippen LogP contribution in [0.5, 0.6) is 0 Å². The maximum atomic E-state index is 9.45. The van der Waals surface area contributed by atoms with Crippen molar-refractivity contribution < 1.29 is 0 Å². The van der Waals surface area contributed by atoms with Crippen LogP contribution in [-0.4, -0.2) is 6.54 Å². The first-order valence-corrected chi connectivity index (χ1v) is 6.54. The molecule has 0 radical (unpaired) electrons. The number of allylic oxidation sites excluding steroid dienone is 1. The molecule has 0 unspecified atom stereocenters. The molecule has 3 rings (SSSR count). The number of rotatable bonds is 2. The number of nitriles is 1. The van der Waals surface area contributed by atoms with E-state index in [-0.39, 0.29) is 0 Å². The summed E-state index contributed by atoms with van der Waals surface area (Å²) >= 11 is 0. The SMILES string of the molecule is C=CCN1c2ccccc2C=C(C#N)c2ccccc21. The Balaban J connectivity index is 2.33. The number of benzene rings is 2. The van der Waals surface area contributed by atoms with E-state index in [0.717, 1.165) is 22.5 Å². The summed E-state index contributed by atoms with van der Waals surface area (Å²) in [5.74, 6) is 0. The molecule has 0 amide bonds. The molecule has 1 aliphatic heterocycles. The minimum Gasteiger partial charge on any atom is -0.337 e. The monoisotopic (exact) mass is 258 g/mol. The number of anilines is 2. The maximum Gasteiger partial charge on any atom is 0.0998 e. The topological polar surface area (TPSA) is 27.0 Å². The fourth-order valence-corrected chi connectivity index (χ4v) is 2.57. The number of nitrogens with zero attached hydrogens (tertiary/aromatic N) is 2. The van der Waals surface area contributed by atoms with Crippen molar-refractivity contribution in [3.05, 3.63) is 72.3 Å². The van der Waals surface area contributed by atoms with E-state index in [4.69, 9.17) is 0 Å². The molecular formula is C18H14N2. The molecule has 1 aliphatic rings. The first-order chi connectivity index (χ1) is 9.85. The van der Waals surface area contributed by atoms with E-state index in [0.29, 0.717) is 12.1 Å². The van der Waals surface area contributed by atoms with Crippen LogP contribution in [0.4, 0.5) is 11.4 Å². The molecule has 0 bridgehead atoms. The van der Waals surface area contributed by atoms with Gasteiger partial charge in [-0.2, -0.15) is 5.26 Å². The first-order valence-electron chi connectivity index (χ1n) is 6.54. The average molecular weight is 258 g/mol. The minimum atomic E-state index is 0.694. The van der Waals surface area contributed by atoms with Crippen LogP contribution >= 0.6 is 0 Å². The molecule has 2 heteroatoms. The molecule has 0 aliphatic carbocycles. The van der Waals surface area contributed by atoms with Crippen LogP contribution in [0.15, 0.2) is 61.2 Å². The standard InChI is InChI=1S/C18H14N2/c1-2-11-20-17-9-5-3-7-14(17)12-15(13-19)16-8-4-6-10-18(16)20/h2-10,12H,1,11H2. The normalized spacial score (nSPS) is 12.6.